The number of halogens is 2. The molecule has 0 saturated carbocycles. The molecule has 0 aliphatic rings. The molecule has 1 rings (SSSR count). The van der Waals surface area contributed by atoms with E-state index in [1.165, 1.54) is 11.6 Å². The summed E-state index contributed by atoms with van der Waals surface area (Å²) >= 11 is 5.60. The van der Waals surface area contributed by atoms with E-state index in [1.807, 2.05) is 0 Å². The molecule has 0 fully saturated rings. The topological polar surface area (TPSA) is 72.9 Å². The minimum absolute atomic E-state index is 0. The Bertz CT molecular complexity index is 323. The maximum absolute atomic E-state index is 11.1. The van der Waals surface area contributed by atoms with Crippen molar-refractivity contribution < 1.29 is 4.79 Å². The van der Waals surface area contributed by atoms with Crippen molar-refractivity contribution in [3.63, 3.8) is 0 Å². The van der Waals surface area contributed by atoms with Crippen LogP contribution in [0.25, 0.3) is 0 Å². The summed E-state index contributed by atoms with van der Waals surface area (Å²) in [5.41, 5.74) is 5.48. The highest BCUT2D eigenvalue weighted by atomic mass is 35.5. The lowest BCUT2D eigenvalue weighted by atomic mass is 10.5. The average molecular weight is 225 g/mol. The molecular weight excluding hydrogens is 215 g/mol. The molecule has 13 heavy (non-hydrogen) atoms. The van der Waals surface area contributed by atoms with Crippen LogP contribution in [0.15, 0.2) is 0 Å². The van der Waals surface area contributed by atoms with Crippen LogP contribution >= 0.6 is 24.0 Å². The molecule has 0 aromatic carbocycles. The molecular formula is C6H10Cl2N4O. The van der Waals surface area contributed by atoms with Gasteiger partial charge < -0.3 is 15.6 Å². The Balaban J connectivity index is 0.00000144. The molecule has 0 bridgehead atoms. The number of aromatic nitrogens is 2. The van der Waals surface area contributed by atoms with Crippen LogP contribution < -0.4 is 11.1 Å². The normalized spacial score (nSPS) is 9.15. The lowest BCUT2D eigenvalue weighted by Crippen LogP contribution is -2.22. The summed E-state index contributed by atoms with van der Waals surface area (Å²) in [6.45, 7) is 0. The second-order valence-corrected chi connectivity index (χ2v) is 2.61. The summed E-state index contributed by atoms with van der Waals surface area (Å²) in [6, 6.07) is 0. The summed E-state index contributed by atoms with van der Waals surface area (Å²) in [4.78, 5) is 14.9. The second kappa shape index (κ2) is 4.34. The number of nitrogens with one attached hydrogen (secondary N) is 1. The third kappa shape index (κ3) is 2.05. The van der Waals surface area contributed by atoms with Crippen LogP contribution in [0.4, 0.5) is 5.82 Å². The van der Waals surface area contributed by atoms with Crippen molar-refractivity contribution in [2.24, 2.45) is 7.05 Å². The van der Waals surface area contributed by atoms with Crippen molar-refractivity contribution in [1.82, 2.24) is 14.9 Å². The first-order chi connectivity index (χ1) is 5.57. The Morgan fingerprint density at radius 1 is 1.69 bits per heavy atom. The zero-order valence-corrected chi connectivity index (χ0v) is 8.74. The molecule has 7 heteroatoms. The van der Waals surface area contributed by atoms with Crippen LogP contribution in [0.5, 0.6) is 0 Å². The van der Waals surface area contributed by atoms with E-state index in [2.05, 4.69) is 10.3 Å². The molecule has 0 atom stereocenters. The smallest absolute Gasteiger partial charge is 0.287 e. The third-order valence-corrected chi connectivity index (χ3v) is 1.80. The molecule has 0 aliphatic heterocycles. The number of nitrogens with zero attached hydrogens (tertiary/aromatic N) is 2. The van der Waals surface area contributed by atoms with Gasteiger partial charge in [0.25, 0.3) is 5.91 Å². The fourth-order valence-electron chi connectivity index (χ4n) is 0.793. The van der Waals surface area contributed by atoms with Crippen molar-refractivity contribution >= 4 is 35.7 Å². The highest BCUT2D eigenvalue weighted by molar-refractivity contribution is 6.31. The van der Waals surface area contributed by atoms with Gasteiger partial charge in [-0.05, 0) is 0 Å². The summed E-state index contributed by atoms with van der Waals surface area (Å²) in [6.07, 6.45) is 0. The third-order valence-electron chi connectivity index (χ3n) is 1.52. The predicted molar refractivity (Wildman–Crippen MR) is 53.3 cm³/mol. The maximum Gasteiger partial charge on any atom is 0.287 e. The molecule has 0 aliphatic carbocycles. The number of rotatable bonds is 1. The number of hydrogen-bond donors (Lipinski definition) is 2. The van der Waals surface area contributed by atoms with Gasteiger partial charge in [-0.25, -0.2) is 4.98 Å². The lowest BCUT2D eigenvalue weighted by Gasteiger charge is -1.99. The SMILES string of the molecule is CNC(=O)c1nc(Cl)c(N)n1C.Cl. The van der Waals surface area contributed by atoms with Gasteiger partial charge in [-0.1, -0.05) is 11.6 Å². The molecule has 1 aromatic heterocycles. The minimum atomic E-state index is -0.309. The number of carbonyl (C=O) groups is 1. The second-order valence-electron chi connectivity index (χ2n) is 2.25. The largest absolute Gasteiger partial charge is 0.382 e. The maximum atomic E-state index is 11.1. The highest BCUT2D eigenvalue weighted by Gasteiger charge is 2.15. The van der Waals surface area contributed by atoms with Crippen LogP contribution in [0.1, 0.15) is 10.6 Å². The standard InChI is InChI=1S/C6H9ClN4O.ClH/c1-9-6(12)5-10-3(7)4(8)11(5)2;/h8H2,1-2H3,(H,9,12);1H. The van der Waals surface area contributed by atoms with Gasteiger partial charge in [0.15, 0.2) is 5.15 Å². The Hall–Kier alpha value is -0.940. The molecule has 1 amide bonds. The van der Waals surface area contributed by atoms with Gasteiger partial charge in [0.2, 0.25) is 5.82 Å². The van der Waals surface area contributed by atoms with Crippen molar-refractivity contribution in [1.29, 1.82) is 0 Å². The Morgan fingerprint density at radius 3 is 2.54 bits per heavy atom. The number of amides is 1. The quantitative estimate of drug-likeness (QED) is 0.728. The summed E-state index contributed by atoms with van der Waals surface area (Å²) in [5.74, 6) is 0.186. The number of nitrogen functional groups attached to an aromatic ring is 1. The number of anilines is 1. The van der Waals surface area contributed by atoms with Crippen LogP contribution in [0.2, 0.25) is 5.15 Å². The first-order valence-electron chi connectivity index (χ1n) is 3.27. The molecule has 5 nitrogen and oxygen atoms in total. The Morgan fingerprint density at radius 2 is 2.23 bits per heavy atom. The highest BCUT2D eigenvalue weighted by Crippen LogP contribution is 2.17. The molecule has 0 radical (unpaired) electrons. The van der Waals surface area contributed by atoms with Gasteiger partial charge in [-0.15, -0.1) is 12.4 Å². The summed E-state index contributed by atoms with van der Waals surface area (Å²) < 4.78 is 1.43. The predicted octanol–water partition coefficient (Wildman–Crippen LogP) is 0.437. The Kier molecular flexibility index (Phi) is 4.03. The van der Waals surface area contributed by atoms with Gasteiger partial charge in [0.05, 0.1) is 0 Å². The molecule has 0 unspecified atom stereocenters. The summed E-state index contributed by atoms with van der Waals surface area (Å²) in [5, 5.41) is 2.58. The zero-order valence-electron chi connectivity index (χ0n) is 7.17. The van der Waals surface area contributed by atoms with Crippen molar-refractivity contribution in [3.05, 3.63) is 11.0 Å². The van der Waals surface area contributed by atoms with Crippen molar-refractivity contribution in [3.8, 4) is 0 Å². The lowest BCUT2D eigenvalue weighted by molar-refractivity contribution is 0.0950. The van der Waals surface area contributed by atoms with Crippen molar-refractivity contribution in [2.75, 3.05) is 12.8 Å². The van der Waals surface area contributed by atoms with E-state index in [9.17, 15) is 4.79 Å². The van der Waals surface area contributed by atoms with E-state index in [-0.39, 0.29) is 35.1 Å². The number of carbonyl (C=O) groups excluding carboxylic acids is 1. The van der Waals surface area contributed by atoms with Crippen molar-refractivity contribution in [2.45, 2.75) is 0 Å². The van der Waals surface area contributed by atoms with Gasteiger partial charge in [-0.3, -0.25) is 4.79 Å². The van der Waals surface area contributed by atoms with Crippen LogP contribution in [0, 0.1) is 0 Å². The van der Waals surface area contributed by atoms with Gasteiger partial charge >= 0.3 is 0 Å². The molecule has 3 N–H and O–H groups in total. The van der Waals surface area contributed by atoms with Gasteiger partial charge in [0, 0.05) is 14.1 Å². The summed E-state index contributed by atoms with van der Waals surface area (Å²) in [7, 11) is 3.14. The molecule has 1 heterocycles. The van der Waals surface area contributed by atoms with E-state index < -0.39 is 0 Å². The fourth-order valence-corrected chi connectivity index (χ4v) is 0.999. The molecule has 0 spiro atoms. The van der Waals surface area contributed by atoms with Crippen LogP contribution in [-0.4, -0.2) is 22.5 Å². The average Bonchev–Trinajstić information content (AvgIpc) is 2.32. The molecule has 1 aromatic rings. The van der Waals surface area contributed by atoms with Gasteiger partial charge in [0.1, 0.15) is 5.82 Å². The van der Waals surface area contributed by atoms with Crippen LogP contribution in [-0.2, 0) is 7.05 Å². The van der Waals surface area contributed by atoms with E-state index in [1.54, 1.807) is 7.05 Å². The van der Waals surface area contributed by atoms with E-state index >= 15 is 0 Å². The number of hydrogen-bond acceptors (Lipinski definition) is 3. The minimum Gasteiger partial charge on any atom is -0.382 e. The Labute approximate surface area is 86.7 Å². The fraction of sp³-hybridized carbons (Fsp3) is 0.333. The van der Waals surface area contributed by atoms with E-state index in [4.69, 9.17) is 17.3 Å². The first kappa shape index (κ1) is 12.1. The number of nitrogens with two attached hydrogens (primary N) is 1. The molecule has 74 valence electrons. The first-order valence-corrected chi connectivity index (χ1v) is 3.65. The molecule has 0 saturated heterocycles. The zero-order chi connectivity index (χ0) is 9.30. The number of imidazole rings is 1. The van der Waals surface area contributed by atoms with Crippen LogP contribution in [0.3, 0.4) is 0 Å². The van der Waals surface area contributed by atoms with Gasteiger partial charge in [-0.2, -0.15) is 0 Å². The van der Waals surface area contributed by atoms with E-state index in [0.717, 1.165) is 0 Å². The van der Waals surface area contributed by atoms with E-state index in [0.29, 0.717) is 0 Å². The monoisotopic (exact) mass is 224 g/mol.